The van der Waals surface area contributed by atoms with Gasteiger partial charge in [0.2, 0.25) is 0 Å². The molecule has 2 aromatic rings. The summed E-state index contributed by atoms with van der Waals surface area (Å²) >= 11 is 1.42. The summed E-state index contributed by atoms with van der Waals surface area (Å²) in [7, 11) is 0. The van der Waals surface area contributed by atoms with Gasteiger partial charge in [0.1, 0.15) is 0 Å². The van der Waals surface area contributed by atoms with Crippen LogP contribution in [0.3, 0.4) is 0 Å². The minimum absolute atomic E-state index is 0.243. The van der Waals surface area contributed by atoms with Gasteiger partial charge in [-0.25, -0.2) is 9.78 Å². The minimum Gasteiger partial charge on any atom is -0.478 e. The number of aromatic carboxylic acids is 1. The molecule has 0 saturated heterocycles. The lowest BCUT2D eigenvalue weighted by atomic mass is 10.2. The van der Waals surface area contributed by atoms with Gasteiger partial charge in [-0.1, -0.05) is 12.1 Å². The molecule has 0 aliphatic rings. The number of nitrogens with zero attached hydrogens (tertiary/aromatic N) is 1. The third-order valence-electron chi connectivity index (χ3n) is 1.83. The quantitative estimate of drug-likeness (QED) is 0.834. The van der Waals surface area contributed by atoms with Gasteiger partial charge in [0.15, 0.2) is 5.13 Å². The second-order valence-electron chi connectivity index (χ2n) is 2.81. The van der Waals surface area contributed by atoms with Crippen LogP contribution < -0.4 is 5.32 Å². The summed E-state index contributed by atoms with van der Waals surface area (Å²) in [4.78, 5) is 14.9. The molecule has 0 atom stereocenters. The summed E-state index contributed by atoms with van der Waals surface area (Å²) in [5.74, 6) is -0.949. The molecule has 5 heteroatoms. The van der Waals surface area contributed by atoms with Crippen LogP contribution >= 0.6 is 11.3 Å². The van der Waals surface area contributed by atoms with Gasteiger partial charge in [0, 0.05) is 11.6 Å². The second kappa shape index (κ2) is 4.10. The molecule has 1 heterocycles. The molecule has 0 bridgehead atoms. The van der Waals surface area contributed by atoms with E-state index in [2.05, 4.69) is 10.3 Å². The van der Waals surface area contributed by atoms with Crippen LogP contribution in [0, 0.1) is 0 Å². The molecule has 76 valence electrons. The third kappa shape index (κ3) is 2.13. The maximum atomic E-state index is 10.9. The van der Waals surface area contributed by atoms with Crippen molar-refractivity contribution in [2.45, 2.75) is 0 Å². The van der Waals surface area contributed by atoms with E-state index in [1.807, 2.05) is 5.38 Å². The number of hydrogen-bond acceptors (Lipinski definition) is 4. The predicted molar refractivity (Wildman–Crippen MR) is 58.8 cm³/mol. The van der Waals surface area contributed by atoms with Gasteiger partial charge in [-0.15, -0.1) is 11.3 Å². The molecule has 0 fully saturated rings. The zero-order valence-electron chi connectivity index (χ0n) is 7.68. The molecule has 0 aliphatic heterocycles. The molecular formula is C10H8N2O2S. The number of rotatable bonds is 3. The van der Waals surface area contributed by atoms with Crippen molar-refractivity contribution in [1.82, 2.24) is 4.98 Å². The standard InChI is InChI=1S/C10H8N2O2S/c13-9(14)7-3-1-2-4-8(7)12-10-11-5-6-15-10/h1-6H,(H,11,12)(H,13,14). The van der Waals surface area contributed by atoms with Gasteiger partial charge in [0.05, 0.1) is 11.3 Å². The van der Waals surface area contributed by atoms with Crippen molar-refractivity contribution in [3.8, 4) is 0 Å². The Morgan fingerprint density at radius 2 is 2.20 bits per heavy atom. The second-order valence-corrected chi connectivity index (χ2v) is 3.71. The molecule has 0 unspecified atom stereocenters. The first-order valence-corrected chi connectivity index (χ1v) is 5.14. The number of nitrogens with one attached hydrogen (secondary N) is 1. The van der Waals surface area contributed by atoms with Crippen molar-refractivity contribution >= 4 is 28.1 Å². The Morgan fingerprint density at radius 3 is 2.87 bits per heavy atom. The Morgan fingerprint density at radius 1 is 1.40 bits per heavy atom. The minimum atomic E-state index is -0.949. The highest BCUT2D eigenvalue weighted by atomic mass is 32.1. The van der Waals surface area contributed by atoms with Gasteiger partial charge in [-0.05, 0) is 12.1 Å². The topological polar surface area (TPSA) is 62.2 Å². The Bertz CT molecular complexity index is 468. The van der Waals surface area contributed by atoms with Gasteiger partial charge in [0.25, 0.3) is 0 Å². The van der Waals surface area contributed by atoms with E-state index in [1.54, 1.807) is 30.5 Å². The molecule has 0 aliphatic carbocycles. The van der Waals surface area contributed by atoms with Gasteiger partial charge < -0.3 is 10.4 Å². The zero-order chi connectivity index (χ0) is 10.7. The molecule has 0 spiro atoms. The van der Waals surface area contributed by atoms with E-state index in [4.69, 9.17) is 5.11 Å². The summed E-state index contributed by atoms with van der Waals surface area (Å²) in [6.45, 7) is 0. The van der Waals surface area contributed by atoms with E-state index in [-0.39, 0.29) is 5.56 Å². The van der Waals surface area contributed by atoms with Crippen LogP contribution in [-0.4, -0.2) is 16.1 Å². The SMILES string of the molecule is O=C(O)c1ccccc1Nc1nccs1. The highest BCUT2D eigenvalue weighted by molar-refractivity contribution is 7.13. The van der Waals surface area contributed by atoms with Crippen molar-refractivity contribution in [2.75, 3.05) is 5.32 Å². The molecule has 15 heavy (non-hydrogen) atoms. The zero-order valence-corrected chi connectivity index (χ0v) is 8.49. The maximum absolute atomic E-state index is 10.9. The van der Waals surface area contributed by atoms with Crippen molar-refractivity contribution in [1.29, 1.82) is 0 Å². The van der Waals surface area contributed by atoms with E-state index in [0.29, 0.717) is 10.8 Å². The van der Waals surface area contributed by atoms with E-state index in [0.717, 1.165) is 0 Å². The summed E-state index contributed by atoms with van der Waals surface area (Å²) in [5.41, 5.74) is 0.799. The molecular weight excluding hydrogens is 212 g/mol. The Hall–Kier alpha value is -1.88. The summed E-state index contributed by atoms with van der Waals surface area (Å²) < 4.78 is 0. The third-order valence-corrected chi connectivity index (χ3v) is 2.52. The largest absolute Gasteiger partial charge is 0.478 e. The lowest BCUT2D eigenvalue weighted by molar-refractivity contribution is 0.0698. The van der Waals surface area contributed by atoms with Crippen LogP contribution in [0.4, 0.5) is 10.8 Å². The van der Waals surface area contributed by atoms with Crippen LogP contribution in [0.25, 0.3) is 0 Å². The van der Waals surface area contributed by atoms with Crippen molar-refractivity contribution in [3.63, 3.8) is 0 Å². The average Bonchev–Trinajstić information content (AvgIpc) is 2.71. The first-order chi connectivity index (χ1) is 7.27. The highest BCUT2D eigenvalue weighted by Crippen LogP contribution is 2.21. The number of thiazole rings is 1. The summed E-state index contributed by atoms with van der Waals surface area (Å²) in [6, 6.07) is 6.74. The molecule has 0 saturated carbocycles. The van der Waals surface area contributed by atoms with E-state index in [1.165, 1.54) is 11.3 Å². The number of aromatic nitrogens is 1. The van der Waals surface area contributed by atoms with E-state index < -0.39 is 5.97 Å². The first-order valence-electron chi connectivity index (χ1n) is 4.26. The summed E-state index contributed by atoms with van der Waals surface area (Å²) in [6.07, 6.45) is 1.66. The first kappa shape index (κ1) is 9.67. The van der Waals surface area contributed by atoms with Crippen molar-refractivity contribution in [3.05, 3.63) is 41.4 Å². The Kier molecular flexibility index (Phi) is 2.64. The highest BCUT2D eigenvalue weighted by Gasteiger charge is 2.09. The molecule has 1 aromatic carbocycles. The number of carboxylic acids is 1. The molecule has 2 N–H and O–H groups in total. The smallest absolute Gasteiger partial charge is 0.337 e. The molecule has 0 amide bonds. The van der Waals surface area contributed by atoms with Crippen LogP contribution in [-0.2, 0) is 0 Å². The van der Waals surface area contributed by atoms with Crippen LogP contribution in [0.1, 0.15) is 10.4 Å². The van der Waals surface area contributed by atoms with E-state index >= 15 is 0 Å². The fourth-order valence-electron chi connectivity index (χ4n) is 1.18. The summed E-state index contributed by atoms with van der Waals surface area (Å²) in [5, 5.41) is 14.4. The number of hydrogen-bond donors (Lipinski definition) is 2. The normalized spacial score (nSPS) is 9.87. The monoisotopic (exact) mass is 220 g/mol. The molecule has 0 radical (unpaired) electrons. The Balaban J connectivity index is 2.32. The maximum Gasteiger partial charge on any atom is 0.337 e. The lowest BCUT2D eigenvalue weighted by Gasteiger charge is -2.05. The van der Waals surface area contributed by atoms with Gasteiger partial charge in [-0.2, -0.15) is 0 Å². The van der Waals surface area contributed by atoms with Gasteiger partial charge >= 0.3 is 5.97 Å². The van der Waals surface area contributed by atoms with Crippen molar-refractivity contribution in [2.24, 2.45) is 0 Å². The number of anilines is 2. The number of para-hydroxylation sites is 1. The van der Waals surface area contributed by atoms with E-state index in [9.17, 15) is 4.79 Å². The average molecular weight is 220 g/mol. The fraction of sp³-hybridized carbons (Fsp3) is 0. The fourth-order valence-corrected chi connectivity index (χ4v) is 1.72. The molecule has 1 aromatic heterocycles. The van der Waals surface area contributed by atoms with Gasteiger partial charge in [-0.3, -0.25) is 0 Å². The molecule has 2 rings (SSSR count). The number of benzene rings is 1. The molecule has 4 nitrogen and oxygen atoms in total. The predicted octanol–water partition coefficient (Wildman–Crippen LogP) is 2.58. The van der Waals surface area contributed by atoms with Crippen LogP contribution in [0.5, 0.6) is 0 Å². The number of carboxylic acid groups (broad SMARTS) is 1. The lowest BCUT2D eigenvalue weighted by Crippen LogP contribution is -2.01. The van der Waals surface area contributed by atoms with Crippen LogP contribution in [0.15, 0.2) is 35.8 Å². The van der Waals surface area contributed by atoms with Crippen molar-refractivity contribution < 1.29 is 9.90 Å². The van der Waals surface area contributed by atoms with Crippen LogP contribution in [0.2, 0.25) is 0 Å². The number of carbonyl (C=O) groups is 1. The Labute approximate surface area is 90.2 Å².